The molecule has 2 saturated heterocycles. The number of pyridine rings is 1. The van der Waals surface area contributed by atoms with Crippen LogP contribution in [0, 0.1) is 26.7 Å². The van der Waals surface area contributed by atoms with Crippen LogP contribution in [0.4, 0.5) is 17.1 Å². The largest absolute Gasteiger partial charge is 0.378 e. The van der Waals surface area contributed by atoms with Gasteiger partial charge in [-0.25, -0.2) is 0 Å². The van der Waals surface area contributed by atoms with Gasteiger partial charge in [-0.3, -0.25) is 9.78 Å². The second kappa shape index (κ2) is 12.4. The molecule has 2 fully saturated rings. The number of nitrogens with zero attached hydrogens (tertiary/aromatic N) is 4. The highest BCUT2D eigenvalue weighted by atomic mass is 32.1. The maximum Gasteiger partial charge on any atom is 0.226 e. The molecular formula is C35H40N6O2S. The first kappa shape index (κ1) is 29.8. The van der Waals surface area contributed by atoms with E-state index in [0.717, 1.165) is 66.0 Å². The number of ether oxygens (including phenoxy) is 1. The number of hydrogen-bond acceptors (Lipinski definition) is 5. The van der Waals surface area contributed by atoms with Gasteiger partial charge in [0.2, 0.25) is 5.91 Å². The van der Waals surface area contributed by atoms with Crippen LogP contribution in [0.1, 0.15) is 54.1 Å². The minimum Gasteiger partial charge on any atom is -0.378 e. The molecule has 2 aliphatic rings. The van der Waals surface area contributed by atoms with Gasteiger partial charge in [0.25, 0.3) is 0 Å². The summed E-state index contributed by atoms with van der Waals surface area (Å²) in [5.41, 5.74) is 9.50. The lowest BCUT2D eigenvalue weighted by Gasteiger charge is -2.29. The van der Waals surface area contributed by atoms with Crippen molar-refractivity contribution in [3.05, 3.63) is 101 Å². The molecule has 0 aliphatic carbocycles. The van der Waals surface area contributed by atoms with E-state index < -0.39 is 0 Å². The second-order valence-electron chi connectivity index (χ2n) is 11.9. The normalized spacial score (nSPS) is 18.5. The van der Waals surface area contributed by atoms with Crippen LogP contribution >= 0.6 is 12.2 Å². The van der Waals surface area contributed by atoms with Crippen LogP contribution in [-0.2, 0) is 9.53 Å². The van der Waals surface area contributed by atoms with Crippen molar-refractivity contribution in [2.24, 2.45) is 5.92 Å². The summed E-state index contributed by atoms with van der Waals surface area (Å²) in [6, 6.07) is 22.9. The first-order valence-corrected chi connectivity index (χ1v) is 15.7. The summed E-state index contributed by atoms with van der Waals surface area (Å²) in [5.74, 6) is -0.100. The van der Waals surface area contributed by atoms with Crippen LogP contribution in [0.3, 0.4) is 0 Å². The smallest absolute Gasteiger partial charge is 0.226 e. The van der Waals surface area contributed by atoms with E-state index >= 15 is 0 Å². The van der Waals surface area contributed by atoms with Crippen LogP contribution in [0.25, 0.3) is 5.69 Å². The molecule has 4 heterocycles. The number of amides is 1. The molecule has 9 heteroatoms. The summed E-state index contributed by atoms with van der Waals surface area (Å²) in [4.78, 5) is 21.7. The highest BCUT2D eigenvalue weighted by Gasteiger charge is 2.42. The minimum absolute atomic E-state index is 0.00211. The van der Waals surface area contributed by atoms with Crippen molar-refractivity contribution in [1.82, 2.24) is 14.9 Å². The second-order valence-corrected chi connectivity index (χ2v) is 12.3. The maximum atomic E-state index is 12.4. The topological polar surface area (TPSA) is 74.7 Å². The lowest BCUT2D eigenvalue weighted by molar-refractivity contribution is -0.118. The monoisotopic (exact) mass is 608 g/mol. The summed E-state index contributed by atoms with van der Waals surface area (Å²) < 4.78 is 7.86. The zero-order valence-corrected chi connectivity index (χ0v) is 26.8. The molecule has 8 nitrogen and oxygen atoms in total. The highest BCUT2D eigenvalue weighted by molar-refractivity contribution is 7.80. The Morgan fingerprint density at radius 3 is 2.34 bits per heavy atom. The number of rotatable bonds is 7. The van der Waals surface area contributed by atoms with Crippen molar-refractivity contribution in [1.29, 1.82) is 0 Å². The third-order valence-electron chi connectivity index (χ3n) is 8.64. The molecule has 0 saturated carbocycles. The van der Waals surface area contributed by atoms with Gasteiger partial charge in [0.05, 0.1) is 31.0 Å². The van der Waals surface area contributed by atoms with E-state index in [2.05, 4.69) is 81.3 Å². The Balaban J connectivity index is 1.39. The molecule has 228 valence electrons. The molecule has 0 spiro atoms. The quantitative estimate of drug-likeness (QED) is 0.235. The molecule has 0 bridgehead atoms. The van der Waals surface area contributed by atoms with Gasteiger partial charge in [-0.05, 0) is 105 Å². The molecule has 2 atom stereocenters. The number of aromatic nitrogens is 2. The van der Waals surface area contributed by atoms with Gasteiger partial charge in [-0.15, -0.1) is 0 Å². The van der Waals surface area contributed by atoms with Gasteiger partial charge >= 0.3 is 0 Å². The highest BCUT2D eigenvalue weighted by Crippen LogP contribution is 2.44. The summed E-state index contributed by atoms with van der Waals surface area (Å²) in [6.45, 7) is 13.5. The van der Waals surface area contributed by atoms with Crippen LogP contribution in [0.15, 0.2) is 72.9 Å². The summed E-state index contributed by atoms with van der Waals surface area (Å²) in [5, 5.41) is 7.28. The molecule has 4 aromatic rings. The van der Waals surface area contributed by atoms with Crippen molar-refractivity contribution in [2.75, 3.05) is 41.4 Å². The van der Waals surface area contributed by atoms with E-state index in [4.69, 9.17) is 21.9 Å². The zero-order chi connectivity index (χ0) is 31.0. The first-order valence-electron chi connectivity index (χ1n) is 15.3. The van der Waals surface area contributed by atoms with Gasteiger partial charge < -0.3 is 29.7 Å². The Hall–Kier alpha value is -4.21. The Bertz CT molecular complexity index is 1660. The third-order valence-corrected chi connectivity index (χ3v) is 8.96. The summed E-state index contributed by atoms with van der Waals surface area (Å²) in [6.07, 6.45) is 1.83. The molecule has 2 aromatic carbocycles. The van der Waals surface area contributed by atoms with E-state index in [9.17, 15) is 4.79 Å². The molecule has 6 rings (SSSR count). The number of morpholine rings is 1. The minimum atomic E-state index is -0.151. The van der Waals surface area contributed by atoms with Crippen LogP contribution in [-0.4, -0.2) is 46.9 Å². The number of benzene rings is 2. The number of hydrogen-bond donors (Lipinski definition) is 2. The molecule has 2 unspecified atom stereocenters. The molecular weight excluding hydrogens is 568 g/mol. The summed E-state index contributed by atoms with van der Waals surface area (Å²) >= 11 is 6.01. The molecule has 0 radical (unpaired) electrons. The van der Waals surface area contributed by atoms with Crippen LogP contribution in [0.2, 0.25) is 0 Å². The van der Waals surface area contributed by atoms with E-state index in [1.54, 1.807) is 0 Å². The zero-order valence-electron chi connectivity index (χ0n) is 26.0. The van der Waals surface area contributed by atoms with Crippen molar-refractivity contribution >= 4 is 40.3 Å². The Kier molecular flexibility index (Phi) is 8.42. The number of aryl methyl sites for hydroxylation is 2. The molecule has 44 heavy (non-hydrogen) atoms. The lowest BCUT2D eigenvalue weighted by atomic mass is 9.96. The van der Waals surface area contributed by atoms with E-state index in [1.807, 2.05) is 51.2 Å². The predicted molar refractivity (Wildman–Crippen MR) is 181 cm³/mol. The SMILES string of the molecule is Cc1cc(N2C(=S)NC(c3ccccn3)C2c2cc(C)n(-c3ccc(N4CCOCC4)cc3)c2C)ccc1NC(=O)C(C)C. The standard InChI is InChI=1S/C35H40N6O2S/c1-22(2)34(42)37-30-14-13-28(20-23(30)3)41-33(32(38-35(41)44)31-8-6-7-15-36-31)29-21-24(4)40(25(29)5)27-11-9-26(10-12-27)39-16-18-43-19-17-39/h6-15,20-22,32-33H,16-19H2,1-5H3,(H,37,42)(H,38,44). The summed E-state index contributed by atoms with van der Waals surface area (Å²) in [7, 11) is 0. The molecule has 2 aliphatic heterocycles. The van der Waals surface area contributed by atoms with Crippen molar-refractivity contribution in [2.45, 2.75) is 46.7 Å². The van der Waals surface area contributed by atoms with Crippen molar-refractivity contribution < 1.29 is 9.53 Å². The van der Waals surface area contributed by atoms with E-state index in [0.29, 0.717) is 5.11 Å². The lowest BCUT2D eigenvalue weighted by Crippen LogP contribution is -2.36. The first-order chi connectivity index (χ1) is 21.2. The predicted octanol–water partition coefficient (Wildman–Crippen LogP) is 6.41. The van der Waals surface area contributed by atoms with Gasteiger partial charge in [-0.1, -0.05) is 19.9 Å². The molecule has 2 N–H and O–H groups in total. The van der Waals surface area contributed by atoms with E-state index in [-0.39, 0.29) is 23.9 Å². The average Bonchev–Trinajstić information content (AvgIpc) is 3.53. The average molecular weight is 609 g/mol. The molecule has 2 aromatic heterocycles. The van der Waals surface area contributed by atoms with Crippen molar-refractivity contribution in [3.8, 4) is 5.69 Å². The molecule has 1 amide bonds. The van der Waals surface area contributed by atoms with Gasteiger partial charge in [-0.2, -0.15) is 0 Å². The fourth-order valence-corrected chi connectivity index (χ4v) is 6.63. The van der Waals surface area contributed by atoms with E-state index in [1.165, 1.54) is 11.3 Å². The number of carbonyl (C=O) groups is 1. The number of thiocarbonyl (C=S) groups is 1. The van der Waals surface area contributed by atoms with Crippen molar-refractivity contribution in [3.63, 3.8) is 0 Å². The van der Waals surface area contributed by atoms with Crippen LogP contribution in [0.5, 0.6) is 0 Å². The third kappa shape index (κ3) is 5.69. The van der Waals surface area contributed by atoms with Gasteiger partial charge in [0, 0.05) is 59.3 Å². The Morgan fingerprint density at radius 1 is 0.977 bits per heavy atom. The van der Waals surface area contributed by atoms with Gasteiger partial charge in [0.15, 0.2) is 5.11 Å². The van der Waals surface area contributed by atoms with Gasteiger partial charge in [0.1, 0.15) is 0 Å². The van der Waals surface area contributed by atoms with Crippen LogP contribution < -0.4 is 20.4 Å². The fourth-order valence-electron chi connectivity index (χ4n) is 6.28. The number of carbonyl (C=O) groups excluding carboxylic acids is 1. The number of nitrogens with one attached hydrogen (secondary N) is 2. The Morgan fingerprint density at radius 2 is 1.68 bits per heavy atom. The number of anilines is 3. The Labute approximate surface area is 265 Å². The fraction of sp³-hybridized carbons (Fsp3) is 0.343. The maximum absolute atomic E-state index is 12.4.